The van der Waals surface area contributed by atoms with Crippen molar-refractivity contribution in [1.29, 1.82) is 0 Å². The Labute approximate surface area is 119 Å². The molecule has 0 saturated carbocycles. The highest BCUT2D eigenvalue weighted by Crippen LogP contribution is 2.35. The third-order valence-corrected chi connectivity index (χ3v) is 3.99. The smallest absolute Gasteiger partial charge is 0.186 e. The van der Waals surface area contributed by atoms with Crippen molar-refractivity contribution in [3.8, 4) is 0 Å². The van der Waals surface area contributed by atoms with Crippen LogP contribution in [0.5, 0.6) is 0 Å². The fourth-order valence-corrected chi connectivity index (χ4v) is 2.67. The largest absolute Gasteiger partial charge is 0.357 e. The monoisotopic (exact) mass is 263 g/mol. The first kappa shape index (κ1) is 12.7. The average Bonchev–Trinajstić information content (AvgIpc) is 2.79. The predicted molar refractivity (Wildman–Crippen MR) is 79.9 cm³/mol. The number of hydrogen-bond donors (Lipinski definition) is 0. The van der Waals surface area contributed by atoms with Gasteiger partial charge in [0.15, 0.2) is 5.78 Å². The lowest BCUT2D eigenvalue weighted by Crippen LogP contribution is -2.42. The molecule has 100 valence electrons. The summed E-state index contributed by atoms with van der Waals surface area (Å²) >= 11 is 0. The minimum absolute atomic E-state index is 0.139. The molecule has 0 spiro atoms. The van der Waals surface area contributed by atoms with Crippen molar-refractivity contribution in [2.24, 2.45) is 0 Å². The van der Waals surface area contributed by atoms with Gasteiger partial charge in [-0.05, 0) is 24.1 Å². The molecule has 1 unspecified atom stereocenters. The molecule has 0 N–H and O–H groups in total. The molecule has 2 nitrogen and oxygen atoms in total. The van der Waals surface area contributed by atoms with Crippen molar-refractivity contribution in [3.05, 3.63) is 84.1 Å². The molecular weight excluding hydrogens is 246 g/mol. The van der Waals surface area contributed by atoms with E-state index in [1.807, 2.05) is 61.7 Å². The summed E-state index contributed by atoms with van der Waals surface area (Å²) in [5.74, 6) is 0.139. The van der Waals surface area contributed by atoms with Crippen molar-refractivity contribution in [3.63, 3.8) is 0 Å². The topological polar surface area (TPSA) is 20.3 Å². The van der Waals surface area contributed by atoms with Crippen LogP contribution in [-0.4, -0.2) is 10.7 Å². The van der Waals surface area contributed by atoms with Crippen LogP contribution in [0.25, 0.3) is 0 Å². The Morgan fingerprint density at radius 3 is 2.20 bits per heavy atom. The molecule has 0 bridgehead atoms. The lowest BCUT2D eigenvalue weighted by atomic mass is 9.88. The lowest BCUT2D eigenvalue weighted by molar-refractivity contribution is -0.122. The van der Waals surface area contributed by atoms with Gasteiger partial charge in [0.1, 0.15) is 5.54 Å². The predicted octanol–water partition coefficient (Wildman–Crippen LogP) is 3.50. The van der Waals surface area contributed by atoms with Crippen LogP contribution in [0, 0.1) is 0 Å². The second kappa shape index (κ2) is 4.97. The maximum absolute atomic E-state index is 12.4. The zero-order chi connectivity index (χ0) is 14.0. The summed E-state index contributed by atoms with van der Waals surface area (Å²) in [6.07, 6.45) is 3.58. The summed E-state index contributed by atoms with van der Waals surface area (Å²) in [6.45, 7) is 2.72. The molecule has 0 radical (unpaired) electrons. The van der Waals surface area contributed by atoms with Gasteiger partial charge < -0.3 is 4.90 Å². The summed E-state index contributed by atoms with van der Waals surface area (Å²) in [4.78, 5) is 14.5. The zero-order valence-electron chi connectivity index (χ0n) is 11.5. The minimum Gasteiger partial charge on any atom is -0.357 e. The highest BCUT2D eigenvalue weighted by Gasteiger charge is 2.41. The number of ketones is 1. The first-order chi connectivity index (χ1) is 9.71. The summed E-state index contributed by atoms with van der Waals surface area (Å²) < 4.78 is 0. The fraction of sp³-hybridized carbons (Fsp3) is 0.167. The molecule has 0 aliphatic carbocycles. The molecule has 1 atom stereocenters. The van der Waals surface area contributed by atoms with E-state index in [1.54, 1.807) is 6.08 Å². The summed E-state index contributed by atoms with van der Waals surface area (Å²) in [6, 6.07) is 20.2. The molecule has 0 fully saturated rings. The third kappa shape index (κ3) is 2.03. The van der Waals surface area contributed by atoms with Gasteiger partial charge in [0.2, 0.25) is 0 Å². The molecule has 2 heteroatoms. The normalized spacial score (nSPS) is 21.4. The lowest BCUT2D eigenvalue weighted by Gasteiger charge is -2.35. The Morgan fingerprint density at radius 1 is 0.950 bits per heavy atom. The summed E-state index contributed by atoms with van der Waals surface area (Å²) in [5.41, 5.74) is 1.64. The van der Waals surface area contributed by atoms with E-state index >= 15 is 0 Å². The maximum Gasteiger partial charge on any atom is 0.186 e. The molecule has 1 heterocycles. The van der Waals surface area contributed by atoms with Gasteiger partial charge in [0.05, 0.1) is 0 Å². The van der Waals surface area contributed by atoms with Gasteiger partial charge in [-0.1, -0.05) is 60.7 Å². The van der Waals surface area contributed by atoms with Crippen molar-refractivity contribution in [2.45, 2.75) is 19.0 Å². The number of rotatable bonds is 3. The molecule has 1 aliphatic rings. The van der Waals surface area contributed by atoms with E-state index < -0.39 is 5.54 Å². The van der Waals surface area contributed by atoms with Crippen LogP contribution < -0.4 is 0 Å². The van der Waals surface area contributed by atoms with Gasteiger partial charge in [-0.15, -0.1) is 0 Å². The average molecular weight is 263 g/mol. The number of carbonyl (C=O) groups excluding carboxylic acids is 1. The molecule has 0 aromatic heterocycles. The van der Waals surface area contributed by atoms with Crippen LogP contribution in [0.1, 0.15) is 18.1 Å². The van der Waals surface area contributed by atoms with Crippen molar-refractivity contribution in [2.75, 3.05) is 0 Å². The number of nitrogens with zero attached hydrogens (tertiary/aromatic N) is 1. The van der Waals surface area contributed by atoms with E-state index in [4.69, 9.17) is 0 Å². The molecular formula is C18H17NO. The van der Waals surface area contributed by atoms with E-state index in [0.29, 0.717) is 0 Å². The Bertz CT molecular complexity index is 633. The second-order valence-electron chi connectivity index (χ2n) is 5.23. The molecule has 2 aromatic carbocycles. The van der Waals surface area contributed by atoms with E-state index in [9.17, 15) is 4.79 Å². The molecule has 2 aromatic rings. The summed E-state index contributed by atoms with van der Waals surface area (Å²) in [7, 11) is 0. The Kier molecular flexibility index (Phi) is 3.15. The molecule has 20 heavy (non-hydrogen) atoms. The summed E-state index contributed by atoms with van der Waals surface area (Å²) in [5, 5.41) is 0. The number of hydrogen-bond acceptors (Lipinski definition) is 2. The highest BCUT2D eigenvalue weighted by molar-refractivity contribution is 6.00. The van der Waals surface area contributed by atoms with E-state index in [0.717, 1.165) is 12.1 Å². The van der Waals surface area contributed by atoms with Crippen LogP contribution >= 0.6 is 0 Å². The highest BCUT2D eigenvalue weighted by atomic mass is 16.1. The van der Waals surface area contributed by atoms with Gasteiger partial charge in [-0.3, -0.25) is 4.79 Å². The number of benzene rings is 2. The van der Waals surface area contributed by atoms with Crippen LogP contribution in [0.4, 0.5) is 0 Å². The Balaban J connectivity index is 1.94. The van der Waals surface area contributed by atoms with Gasteiger partial charge >= 0.3 is 0 Å². The van der Waals surface area contributed by atoms with E-state index in [-0.39, 0.29) is 5.78 Å². The quantitative estimate of drug-likeness (QED) is 0.844. The third-order valence-electron chi connectivity index (χ3n) is 3.99. The Morgan fingerprint density at radius 2 is 1.55 bits per heavy atom. The Hall–Kier alpha value is -2.35. The fourth-order valence-electron chi connectivity index (χ4n) is 2.67. The maximum atomic E-state index is 12.4. The van der Waals surface area contributed by atoms with Crippen LogP contribution in [0.15, 0.2) is 72.9 Å². The SMILES string of the molecule is CC1(c2ccccc2)C(=O)C=CN1Cc1ccccc1. The van der Waals surface area contributed by atoms with Crippen LogP contribution in [-0.2, 0) is 16.9 Å². The first-order valence-electron chi connectivity index (χ1n) is 6.80. The van der Waals surface area contributed by atoms with Crippen molar-refractivity contribution < 1.29 is 4.79 Å². The van der Waals surface area contributed by atoms with Gasteiger partial charge in [-0.2, -0.15) is 0 Å². The molecule has 0 saturated heterocycles. The van der Waals surface area contributed by atoms with Crippen LogP contribution in [0.3, 0.4) is 0 Å². The second-order valence-corrected chi connectivity index (χ2v) is 5.23. The van der Waals surface area contributed by atoms with Gasteiger partial charge in [0.25, 0.3) is 0 Å². The van der Waals surface area contributed by atoms with Crippen molar-refractivity contribution in [1.82, 2.24) is 4.90 Å². The standard InChI is InChI=1S/C18H17NO/c1-18(16-10-6-3-7-11-16)17(20)12-13-19(18)14-15-8-4-2-5-9-15/h2-13H,14H2,1H3. The molecule has 3 rings (SSSR count). The van der Waals surface area contributed by atoms with Gasteiger partial charge in [-0.25, -0.2) is 0 Å². The van der Waals surface area contributed by atoms with Crippen molar-refractivity contribution >= 4 is 5.78 Å². The van der Waals surface area contributed by atoms with Crippen LogP contribution in [0.2, 0.25) is 0 Å². The van der Waals surface area contributed by atoms with E-state index in [2.05, 4.69) is 17.0 Å². The minimum atomic E-state index is -0.600. The van der Waals surface area contributed by atoms with Gasteiger partial charge in [0, 0.05) is 12.7 Å². The number of carbonyl (C=O) groups is 1. The molecule has 1 aliphatic heterocycles. The molecule has 0 amide bonds. The van der Waals surface area contributed by atoms with E-state index in [1.165, 1.54) is 5.56 Å². The zero-order valence-corrected chi connectivity index (χ0v) is 11.5. The first-order valence-corrected chi connectivity index (χ1v) is 6.80.